The molecule has 0 aliphatic heterocycles. The Kier molecular flexibility index (Phi) is 4.02. The summed E-state index contributed by atoms with van der Waals surface area (Å²) >= 11 is 2.67. The molecule has 4 rings (SSSR count). The molecule has 0 saturated carbocycles. The number of aromatic hydroxyl groups is 1. The van der Waals surface area contributed by atoms with Gasteiger partial charge in [0.25, 0.3) is 5.91 Å². The fraction of sp³-hybridized carbons (Fsp3) is 0.0588. The number of rotatable bonds is 4. The number of aromatic nitrogens is 2. The van der Waals surface area contributed by atoms with Gasteiger partial charge in [-0.05, 0) is 10.8 Å². The van der Waals surface area contributed by atoms with Gasteiger partial charge in [0.2, 0.25) is 0 Å². The summed E-state index contributed by atoms with van der Waals surface area (Å²) in [4.78, 5) is 32.5. The standard InChI is InChI=1S/C17H11N3O4S2/c21-10(22)5-18-17(24)13-14(23)16-11(19-7-26-16)12(20-13)15-9-4-2-1-3-8(9)6-25-15/h1-4,6-7,23H,5H2,(H,18,24)(H,21,22). The fourth-order valence-corrected chi connectivity index (χ4v) is 4.39. The van der Waals surface area contributed by atoms with Crippen molar-refractivity contribution in [3.63, 3.8) is 0 Å². The van der Waals surface area contributed by atoms with Crippen molar-refractivity contribution in [3.8, 4) is 16.3 Å². The average molecular weight is 385 g/mol. The zero-order chi connectivity index (χ0) is 18.3. The molecular weight excluding hydrogens is 374 g/mol. The molecule has 0 aliphatic carbocycles. The normalized spacial score (nSPS) is 11.1. The van der Waals surface area contributed by atoms with Crippen LogP contribution >= 0.6 is 22.7 Å². The number of pyridine rings is 1. The third kappa shape index (κ3) is 2.67. The Morgan fingerprint density at radius 1 is 1.19 bits per heavy atom. The number of benzene rings is 1. The van der Waals surface area contributed by atoms with E-state index >= 15 is 0 Å². The van der Waals surface area contributed by atoms with E-state index in [2.05, 4.69) is 15.3 Å². The Balaban J connectivity index is 1.92. The zero-order valence-electron chi connectivity index (χ0n) is 13.1. The van der Waals surface area contributed by atoms with Crippen LogP contribution in [0.4, 0.5) is 0 Å². The van der Waals surface area contributed by atoms with Crippen LogP contribution in [0, 0.1) is 0 Å². The van der Waals surface area contributed by atoms with Crippen LogP contribution in [0.3, 0.4) is 0 Å². The molecule has 0 radical (unpaired) electrons. The highest BCUT2D eigenvalue weighted by molar-refractivity contribution is 7.17. The lowest BCUT2D eigenvalue weighted by Gasteiger charge is -2.08. The van der Waals surface area contributed by atoms with E-state index in [4.69, 9.17) is 5.11 Å². The number of hydrogen-bond donors (Lipinski definition) is 3. The summed E-state index contributed by atoms with van der Waals surface area (Å²) in [5.74, 6) is -2.22. The van der Waals surface area contributed by atoms with E-state index in [9.17, 15) is 14.7 Å². The Hall–Kier alpha value is -3.04. The lowest BCUT2D eigenvalue weighted by Crippen LogP contribution is -2.30. The third-order valence-electron chi connectivity index (χ3n) is 3.79. The van der Waals surface area contributed by atoms with E-state index in [1.165, 1.54) is 22.7 Å². The van der Waals surface area contributed by atoms with Crippen LogP contribution in [0.1, 0.15) is 10.5 Å². The number of nitrogens with one attached hydrogen (secondary N) is 1. The number of amides is 1. The van der Waals surface area contributed by atoms with Gasteiger partial charge in [0.1, 0.15) is 22.5 Å². The number of hydrogen-bond acceptors (Lipinski definition) is 7. The van der Waals surface area contributed by atoms with Crippen molar-refractivity contribution in [2.24, 2.45) is 0 Å². The molecule has 4 aromatic rings. The van der Waals surface area contributed by atoms with Crippen molar-refractivity contribution >= 4 is 55.5 Å². The molecule has 130 valence electrons. The van der Waals surface area contributed by atoms with Gasteiger partial charge in [-0.15, -0.1) is 22.7 Å². The minimum absolute atomic E-state index is 0.213. The molecule has 9 heteroatoms. The summed E-state index contributed by atoms with van der Waals surface area (Å²) in [5, 5.41) is 25.4. The number of carbonyl (C=O) groups excluding carboxylic acids is 1. The first kappa shape index (κ1) is 16.4. The van der Waals surface area contributed by atoms with Crippen LogP contribution in [-0.4, -0.2) is 38.6 Å². The van der Waals surface area contributed by atoms with Gasteiger partial charge < -0.3 is 15.5 Å². The van der Waals surface area contributed by atoms with Gasteiger partial charge in [-0.1, -0.05) is 24.3 Å². The summed E-state index contributed by atoms with van der Waals surface area (Å²) in [6, 6.07) is 7.79. The van der Waals surface area contributed by atoms with Crippen molar-refractivity contribution in [2.75, 3.05) is 6.54 Å². The molecule has 1 aromatic carbocycles. The van der Waals surface area contributed by atoms with Crippen molar-refractivity contribution in [1.29, 1.82) is 0 Å². The second-order valence-corrected chi connectivity index (χ2v) is 7.15. The number of carboxylic acids is 1. The first-order chi connectivity index (χ1) is 12.6. The van der Waals surface area contributed by atoms with Gasteiger partial charge in [0.15, 0.2) is 11.4 Å². The van der Waals surface area contributed by atoms with Crippen molar-refractivity contribution in [1.82, 2.24) is 15.3 Å². The van der Waals surface area contributed by atoms with E-state index in [1.807, 2.05) is 29.6 Å². The predicted octanol–water partition coefficient (Wildman–Crippen LogP) is 3.09. The molecule has 0 saturated heterocycles. The van der Waals surface area contributed by atoms with Crippen molar-refractivity contribution < 1.29 is 19.8 Å². The lowest BCUT2D eigenvalue weighted by molar-refractivity contribution is -0.135. The van der Waals surface area contributed by atoms with Gasteiger partial charge >= 0.3 is 5.97 Å². The van der Waals surface area contributed by atoms with Crippen LogP contribution < -0.4 is 5.32 Å². The number of aliphatic carboxylic acids is 1. The van der Waals surface area contributed by atoms with Gasteiger partial charge in [-0.2, -0.15) is 0 Å². The monoisotopic (exact) mass is 385 g/mol. The molecule has 3 heterocycles. The Morgan fingerprint density at radius 2 is 2.00 bits per heavy atom. The number of fused-ring (bicyclic) bond motifs is 2. The van der Waals surface area contributed by atoms with Gasteiger partial charge in [0.05, 0.1) is 10.4 Å². The topological polar surface area (TPSA) is 112 Å². The molecule has 0 atom stereocenters. The SMILES string of the molecule is O=C(O)CNC(=O)c1nc(-c2scc3ccccc23)c2ncsc2c1O. The highest BCUT2D eigenvalue weighted by Gasteiger charge is 2.23. The van der Waals surface area contributed by atoms with Gasteiger partial charge in [0, 0.05) is 5.39 Å². The smallest absolute Gasteiger partial charge is 0.322 e. The summed E-state index contributed by atoms with van der Waals surface area (Å²) in [5.41, 5.74) is 2.36. The molecule has 0 bridgehead atoms. The molecule has 7 nitrogen and oxygen atoms in total. The van der Waals surface area contributed by atoms with E-state index in [1.54, 1.807) is 5.51 Å². The maximum Gasteiger partial charge on any atom is 0.322 e. The Bertz CT molecular complexity index is 1170. The third-order valence-corrected chi connectivity index (χ3v) is 5.65. The molecule has 3 aromatic heterocycles. The molecule has 26 heavy (non-hydrogen) atoms. The first-order valence-electron chi connectivity index (χ1n) is 7.49. The van der Waals surface area contributed by atoms with Crippen LogP contribution in [0.2, 0.25) is 0 Å². The second kappa shape index (κ2) is 6.36. The second-order valence-electron chi connectivity index (χ2n) is 5.42. The molecule has 0 aliphatic rings. The Labute approximate surface area is 154 Å². The van der Waals surface area contributed by atoms with Crippen LogP contribution in [0.15, 0.2) is 35.2 Å². The average Bonchev–Trinajstić information content (AvgIpc) is 3.27. The van der Waals surface area contributed by atoms with Gasteiger partial charge in [-0.3, -0.25) is 9.59 Å². The molecule has 0 spiro atoms. The maximum atomic E-state index is 12.3. The largest absolute Gasteiger partial charge is 0.504 e. The van der Waals surface area contributed by atoms with Crippen LogP contribution in [-0.2, 0) is 4.79 Å². The fourth-order valence-electron chi connectivity index (χ4n) is 2.64. The Morgan fingerprint density at radius 3 is 2.81 bits per heavy atom. The minimum Gasteiger partial charge on any atom is -0.504 e. The molecular formula is C17H11N3O4S2. The number of thiazole rings is 1. The molecule has 0 fully saturated rings. The number of thiophene rings is 1. The number of carbonyl (C=O) groups is 2. The molecule has 0 unspecified atom stereocenters. The van der Waals surface area contributed by atoms with Crippen molar-refractivity contribution in [2.45, 2.75) is 0 Å². The number of carboxylic acid groups (broad SMARTS) is 1. The summed E-state index contributed by atoms with van der Waals surface area (Å²) in [7, 11) is 0. The number of nitrogens with zero attached hydrogens (tertiary/aromatic N) is 2. The van der Waals surface area contributed by atoms with Crippen molar-refractivity contribution in [3.05, 3.63) is 40.8 Å². The van der Waals surface area contributed by atoms with E-state index < -0.39 is 18.4 Å². The zero-order valence-corrected chi connectivity index (χ0v) is 14.7. The highest BCUT2D eigenvalue weighted by Crippen LogP contribution is 2.41. The van der Waals surface area contributed by atoms with E-state index in [-0.39, 0.29) is 11.4 Å². The first-order valence-corrected chi connectivity index (χ1v) is 9.25. The summed E-state index contributed by atoms with van der Waals surface area (Å²) < 4.78 is 0.438. The molecule has 3 N–H and O–H groups in total. The molecule has 1 amide bonds. The van der Waals surface area contributed by atoms with E-state index in [0.29, 0.717) is 15.9 Å². The quantitative estimate of drug-likeness (QED) is 0.498. The predicted molar refractivity (Wildman–Crippen MR) is 99.9 cm³/mol. The summed E-state index contributed by atoms with van der Waals surface area (Å²) in [6.07, 6.45) is 0. The lowest BCUT2D eigenvalue weighted by atomic mass is 10.1. The van der Waals surface area contributed by atoms with Crippen LogP contribution in [0.5, 0.6) is 5.75 Å². The maximum absolute atomic E-state index is 12.3. The minimum atomic E-state index is -1.18. The summed E-state index contributed by atoms with van der Waals surface area (Å²) in [6.45, 7) is -0.558. The van der Waals surface area contributed by atoms with E-state index in [0.717, 1.165) is 15.6 Å². The van der Waals surface area contributed by atoms with Gasteiger partial charge in [-0.25, -0.2) is 9.97 Å². The highest BCUT2D eigenvalue weighted by atomic mass is 32.1. The van der Waals surface area contributed by atoms with Crippen LogP contribution in [0.25, 0.3) is 31.6 Å².